The van der Waals surface area contributed by atoms with Crippen molar-refractivity contribution in [3.8, 4) is 11.5 Å². The molecule has 3 aromatic heterocycles. The maximum absolute atomic E-state index is 14.1. The van der Waals surface area contributed by atoms with Crippen molar-refractivity contribution in [2.45, 2.75) is 20.4 Å². The molecule has 1 aromatic carbocycles. The van der Waals surface area contributed by atoms with E-state index in [9.17, 15) is 9.18 Å². The largest absolute Gasteiger partial charge is 0.460 e. The second-order valence-corrected chi connectivity index (χ2v) is 8.45. The van der Waals surface area contributed by atoms with Gasteiger partial charge in [0.2, 0.25) is 5.95 Å². The molecule has 4 aromatic rings. The van der Waals surface area contributed by atoms with E-state index in [1.807, 2.05) is 19.1 Å². The van der Waals surface area contributed by atoms with Crippen molar-refractivity contribution in [3.05, 3.63) is 64.0 Å². The van der Waals surface area contributed by atoms with Crippen LogP contribution in [0.3, 0.4) is 0 Å². The standard InChI is InChI=1S/C24H26FN7O2/c1-15-7-8-19(34-15)20-21-22(29-24(26)28-20)32(23(33)16(2)27-21)14-11-30-9-12-31(13-10-30)18-6-4-3-5-17(18)25/h3-8H,9-14H2,1-2H3,(H2,26,28,29). The lowest BCUT2D eigenvalue weighted by Gasteiger charge is -2.36. The summed E-state index contributed by atoms with van der Waals surface area (Å²) in [6.45, 7) is 7.54. The number of aryl methyl sites for hydroxylation is 2. The van der Waals surface area contributed by atoms with E-state index in [0.717, 1.165) is 18.8 Å². The molecule has 9 nitrogen and oxygen atoms in total. The van der Waals surface area contributed by atoms with Crippen LogP contribution in [0, 0.1) is 19.7 Å². The smallest absolute Gasteiger partial charge is 0.273 e. The summed E-state index contributed by atoms with van der Waals surface area (Å²) >= 11 is 0. The highest BCUT2D eigenvalue weighted by Crippen LogP contribution is 2.27. The molecular formula is C24H26FN7O2. The van der Waals surface area contributed by atoms with Crippen LogP contribution in [0.25, 0.3) is 22.6 Å². The molecule has 10 heteroatoms. The van der Waals surface area contributed by atoms with Gasteiger partial charge < -0.3 is 15.1 Å². The van der Waals surface area contributed by atoms with Gasteiger partial charge in [-0.2, -0.15) is 4.98 Å². The Morgan fingerprint density at radius 1 is 1.00 bits per heavy atom. The van der Waals surface area contributed by atoms with Crippen molar-refractivity contribution in [2.75, 3.05) is 43.4 Å². The van der Waals surface area contributed by atoms with E-state index >= 15 is 0 Å². The fourth-order valence-corrected chi connectivity index (χ4v) is 4.36. The van der Waals surface area contributed by atoms with Gasteiger partial charge in [0.25, 0.3) is 5.56 Å². The lowest BCUT2D eigenvalue weighted by atomic mass is 10.2. The normalized spacial score (nSPS) is 14.7. The maximum Gasteiger partial charge on any atom is 0.273 e. The molecule has 0 bridgehead atoms. The van der Waals surface area contributed by atoms with Gasteiger partial charge in [-0.05, 0) is 38.1 Å². The molecule has 1 aliphatic heterocycles. The number of nitrogens with two attached hydrogens (primary N) is 1. The van der Waals surface area contributed by atoms with Crippen molar-refractivity contribution < 1.29 is 8.81 Å². The molecule has 0 atom stereocenters. The number of hydrogen-bond donors (Lipinski definition) is 1. The average Bonchev–Trinajstić information content (AvgIpc) is 3.26. The molecular weight excluding hydrogens is 437 g/mol. The van der Waals surface area contributed by atoms with Crippen LogP contribution in [-0.4, -0.2) is 57.1 Å². The number of furan rings is 1. The maximum atomic E-state index is 14.1. The SMILES string of the molecule is Cc1ccc(-c2nc(N)nc3c2nc(C)c(=O)n3CCN2CCN(c3ccccc3F)CC2)o1. The van der Waals surface area contributed by atoms with Crippen LogP contribution >= 0.6 is 0 Å². The van der Waals surface area contributed by atoms with Crippen LogP contribution < -0.4 is 16.2 Å². The van der Waals surface area contributed by atoms with E-state index in [-0.39, 0.29) is 17.3 Å². The molecule has 0 aliphatic carbocycles. The molecule has 1 aliphatic rings. The predicted octanol–water partition coefficient (Wildman–Crippen LogP) is 2.61. The highest BCUT2D eigenvalue weighted by Gasteiger charge is 2.21. The predicted molar refractivity (Wildman–Crippen MR) is 128 cm³/mol. The summed E-state index contributed by atoms with van der Waals surface area (Å²) in [5.74, 6) is 1.10. The van der Waals surface area contributed by atoms with Crippen LogP contribution in [0.5, 0.6) is 0 Å². The minimum absolute atomic E-state index is 0.0499. The Labute approximate surface area is 195 Å². The number of nitrogen functional groups attached to an aromatic ring is 1. The summed E-state index contributed by atoms with van der Waals surface area (Å²) < 4.78 is 21.5. The Morgan fingerprint density at radius 3 is 2.47 bits per heavy atom. The number of rotatable bonds is 5. The van der Waals surface area contributed by atoms with E-state index in [0.29, 0.717) is 60.2 Å². The number of hydrogen-bond acceptors (Lipinski definition) is 8. The summed E-state index contributed by atoms with van der Waals surface area (Å²) in [5.41, 5.74) is 8.09. The van der Waals surface area contributed by atoms with Crippen LogP contribution in [0.1, 0.15) is 11.5 Å². The first-order valence-electron chi connectivity index (χ1n) is 11.2. The lowest BCUT2D eigenvalue weighted by Crippen LogP contribution is -2.48. The monoisotopic (exact) mass is 463 g/mol. The number of benzene rings is 1. The Balaban J connectivity index is 1.39. The molecule has 176 valence electrons. The van der Waals surface area contributed by atoms with Gasteiger partial charge in [-0.1, -0.05) is 12.1 Å². The summed E-state index contributed by atoms with van der Waals surface area (Å²) in [7, 11) is 0. The minimum Gasteiger partial charge on any atom is -0.460 e. The van der Waals surface area contributed by atoms with Crippen molar-refractivity contribution in [3.63, 3.8) is 0 Å². The number of aromatic nitrogens is 4. The van der Waals surface area contributed by atoms with E-state index in [1.165, 1.54) is 6.07 Å². The van der Waals surface area contributed by atoms with Crippen LogP contribution in [0.4, 0.5) is 16.0 Å². The molecule has 4 heterocycles. The topological polar surface area (TPSA) is 106 Å². The minimum atomic E-state index is -0.211. The van der Waals surface area contributed by atoms with Crippen molar-refractivity contribution >= 4 is 22.8 Å². The number of halogens is 1. The number of fused-ring (bicyclic) bond motifs is 1. The van der Waals surface area contributed by atoms with E-state index in [4.69, 9.17) is 10.2 Å². The highest BCUT2D eigenvalue weighted by molar-refractivity contribution is 5.86. The van der Waals surface area contributed by atoms with E-state index in [1.54, 1.807) is 29.7 Å². The average molecular weight is 464 g/mol. The molecule has 1 saturated heterocycles. The third-order valence-electron chi connectivity index (χ3n) is 6.15. The van der Waals surface area contributed by atoms with E-state index < -0.39 is 0 Å². The van der Waals surface area contributed by atoms with Gasteiger partial charge in [-0.3, -0.25) is 14.3 Å². The molecule has 0 spiro atoms. The molecule has 0 radical (unpaired) electrons. The van der Waals surface area contributed by atoms with Gasteiger partial charge in [0.05, 0.1) is 5.69 Å². The fourth-order valence-electron chi connectivity index (χ4n) is 4.36. The van der Waals surface area contributed by atoms with Gasteiger partial charge in [0.15, 0.2) is 11.4 Å². The molecule has 2 N–H and O–H groups in total. The number of anilines is 2. The second kappa shape index (κ2) is 8.86. The Bertz CT molecular complexity index is 1410. The fraction of sp³-hybridized carbons (Fsp3) is 0.333. The number of piperazine rings is 1. The third-order valence-corrected chi connectivity index (χ3v) is 6.15. The quantitative estimate of drug-likeness (QED) is 0.481. The Kier molecular flexibility index (Phi) is 5.74. The lowest BCUT2D eigenvalue weighted by molar-refractivity contribution is 0.247. The molecule has 34 heavy (non-hydrogen) atoms. The van der Waals surface area contributed by atoms with Gasteiger partial charge in [0.1, 0.15) is 28.5 Å². The van der Waals surface area contributed by atoms with Gasteiger partial charge in [-0.15, -0.1) is 0 Å². The zero-order valence-corrected chi connectivity index (χ0v) is 19.2. The highest BCUT2D eigenvalue weighted by atomic mass is 19.1. The first-order valence-corrected chi connectivity index (χ1v) is 11.2. The zero-order chi connectivity index (χ0) is 23.8. The van der Waals surface area contributed by atoms with E-state index in [2.05, 4.69) is 24.8 Å². The Morgan fingerprint density at radius 2 is 1.76 bits per heavy atom. The zero-order valence-electron chi connectivity index (χ0n) is 19.2. The summed E-state index contributed by atoms with van der Waals surface area (Å²) in [5, 5.41) is 0. The summed E-state index contributed by atoms with van der Waals surface area (Å²) in [6.07, 6.45) is 0. The Hall–Kier alpha value is -3.79. The molecule has 5 rings (SSSR count). The molecule has 0 amide bonds. The second-order valence-electron chi connectivity index (χ2n) is 8.45. The number of nitrogens with zero attached hydrogens (tertiary/aromatic N) is 6. The van der Waals surface area contributed by atoms with Crippen molar-refractivity contribution in [1.82, 2.24) is 24.4 Å². The van der Waals surface area contributed by atoms with Crippen LogP contribution in [0.2, 0.25) is 0 Å². The van der Waals surface area contributed by atoms with Gasteiger partial charge in [0, 0.05) is 39.3 Å². The number of para-hydroxylation sites is 1. The first-order chi connectivity index (χ1) is 16.4. The van der Waals surface area contributed by atoms with Crippen LogP contribution in [-0.2, 0) is 6.54 Å². The molecule has 0 saturated carbocycles. The van der Waals surface area contributed by atoms with Gasteiger partial charge >= 0.3 is 0 Å². The van der Waals surface area contributed by atoms with Crippen LogP contribution in [0.15, 0.2) is 45.6 Å². The molecule has 0 unspecified atom stereocenters. The molecule has 1 fully saturated rings. The van der Waals surface area contributed by atoms with Gasteiger partial charge in [-0.25, -0.2) is 14.4 Å². The summed E-state index contributed by atoms with van der Waals surface area (Å²) in [6, 6.07) is 10.5. The van der Waals surface area contributed by atoms with Crippen molar-refractivity contribution in [2.24, 2.45) is 0 Å². The third kappa shape index (κ3) is 4.12. The van der Waals surface area contributed by atoms with Crippen molar-refractivity contribution in [1.29, 1.82) is 0 Å². The summed E-state index contributed by atoms with van der Waals surface area (Å²) in [4.78, 5) is 30.5. The first kappa shape index (κ1) is 22.0.